The van der Waals surface area contributed by atoms with Gasteiger partial charge in [0.05, 0.1) is 0 Å². The van der Waals surface area contributed by atoms with Gasteiger partial charge in [0.15, 0.2) is 17.1 Å². The molecule has 9 heteroatoms. The maximum Gasteiger partial charge on any atom is 0.278 e. The Hall–Kier alpha value is -2.54. The topological polar surface area (TPSA) is 149 Å². The minimum absolute atomic E-state index is 0.0221. The molecule has 14 heavy (non-hydrogen) atoms. The molecule has 0 saturated heterocycles. The fourth-order valence-corrected chi connectivity index (χ4v) is 1.00. The quantitative estimate of drug-likeness (QED) is 0.335. The van der Waals surface area contributed by atoms with Gasteiger partial charge >= 0.3 is 0 Å². The maximum atomic E-state index is 11.2. The Morgan fingerprint density at radius 3 is 2.93 bits per heavy atom. The fourth-order valence-electron chi connectivity index (χ4n) is 1.00. The number of fused-ring (bicyclic) bond motifs is 1. The minimum atomic E-state index is -0.459. The van der Waals surface area contributed by atoms with E-state index in [1.807, 2.05) is 0 Å². The van der Waals surface area contributed by atoms with Gasteiger partial charge in [0.1, 0.15) is 0 Å². The molecule has 2 heterocycles. The van der Waals surface area contributed by atoms with Crippen LogP contribution in [0, 0.1) is 0 Å². The molecule has 4 N–H and O–H groups in total. The van der Waals surface area contributed by atoms with Crippen LogP contribution in [0.5, 0.6) is 0 Å². The average Bonchev–Trinajstić information content (AvgIpc) is 2.48. The number of hydrogen-bond donors (Lipinski definition) is 3. The normalized spacial score (nSPS) is 10.0. The highest BCUT2D eigenvalue weighted by Crippen LogP contribution is 2.10. The monoisotopic (exact) mass is 192 g/mol. The van der Waals surface area contributed by atoms with Crippen LogP contribution in [-0.2, 0) is 0 Å². The van der Waals surface area contributed by atoms with E-state index in [0.717, 1.165) is 0 Å². The average molecular weight is 192 g/mol. The molecule has 0 aromatic carbocycles. The van der Waals surface area contributed by atoms with Crippen molar-refractivity contribution in [3.8, 4) is 0 Å². The number of nitrogens with one attached hydrogen (secondary N) is 2. The first-order valence-electron chi connectivity index (χ1n) is 3.51. The second-order valence-corrected chi connectivity index (χ2v) is 2.40. The molecule has 2 aromatic rings. The Balaban J connectivity index is 2.83. The lowest BCUT2D eigenvalue weighted by Gasteiger charge is -1.89. The number of hydrogen-bond acceptors (Lipinski definition) is 5. The van der Waals surface area contributed by atoms with Crippen LogP contribution in [-0.4, -0.2) is 19.9 Å². The smallest absolute Gasteiger partial charge is 0.278 e. The van der Waals surface area contributed by atoms with E-state index < -0.39 is 5.56 Å². The molecule has 0 bridgehead atoms. The first-order chi connectivity index (χ1) is 6.70. The molecule has 0 atom stereocenters. The van der Waals surface area contributed by atoms with Crippen LogP contribution >= 0.6 is 0 Å². The maximum absolute atomic E-state index is 11.2. The predicted molar refractivity (Wildman–Crippen MR) is 47.7 cm³/mol. The summed E-state index contributed by atoms with van der Waals surface area (Å²) in [6, 6.07) is 0. The number of H-pyrrole nitrogens is 2. The van der Waals surface area contributed by atoms with E-state index in [0.29, 0.717) is 0 Å². The summed E-state index contributed by atoms with van der Waals surface area (Å²) in [4.78, 5) is 26.0. The lowest BCUT2D eigenvalue weighted by Crippen LogP contribution is -2.10. The first-order valence-corrected chi connectivity index (χ1v) is 3.51. The Labute approximate surface area is 75.6 Å². The van der Waals surface area contributed by atoms with Crippen molar-refractivity contribution in [3.63, 3.8) is 0 Å². The molecule has 2 rings (SSSR count). The van der Waals surface area contributed by atoms with Gasteiger partial charge in [0, 0.05) is 4.91 Å². The number of aromatic nitrogens is 4. The van der Waals surface area contributed by atoms with Crippen LogP contribution in [0.25, 0.3) is 21.6 Å². The van der Waals surface area contributed by atoms with Gasteiger partial charge in [-0.15, -0.1) is 0 Å². The lowest BCUT2D eigenvalue weighted by atomic mass is 10.5. The van der Waals surface area contributed by atoms with E-state index >= 15 is 0 Å². The molecule has 2 aromatic heterocycles. The van der Waals surface area contributed by atoms with Crippen molar-refractivity contribution >= 4 is 23.1 Å². The Morgan fingerprint density at radius 1 is 1.43 bits per heavy atom. The highest BCUT2D eigenvalue weighted by Gasteiger charge is 2.06. The third-order valence-electron chi connectivity index (χ3n) is 1.51. The summed E-state index contributed by atoms with van der Waals surface area (Å²) in [5.74, 6) is -0.0624. The highest BCUT2D eigenvalue weighted by molar-refractivity contribution is 5.72. The van der Waals surface area contributed by atoms with Gasteiger partial charge in [0.2, 0.25) is 5.95 Å². The molecular formula is C5H4N8O. The molecule has 0 radical (unpaired) electrons. The lowest BCUT2D eigenvalue weighted by molar-refractivity contribution is 1.17. The van der Waals surface area contributed by atoms with Gasteiger partial charge in [-0.1, -0.05) is 0 Å². The van der Waals surface area contributed by atoms with E-state index in [9.17, 15) is 4.79 Å². The third-order valence-corrected chi connectivity index (χ3v) is 1.51. The van der Waals surface area contributed by atoms with Crippen molar-refractivity contribution < 1.29 is 0 Å². The van der Waals surface area contributed by atoms with Crippen molar-refractivity contribution in [2.45, 2.75) is 0 Å². The molecule has 9 nitrogen and oxygen atoms in total. The molecular weight excluding hydrogens is 188 g/mol. The number of aromatic amines is 2. The van der Waals surface area contributed by atoms with Gasteiger partial charge in [-0.05, 0) is 10.6 Å². The van der Waals surface area contributed by atoms with E-state index in [4.69, 9.17) is 11.3 Å². The standard InChI is InChI=1S/C5H4N8O/c6-4-9-2-1(3(14)11-4)8-5(10-2)12-13-7/h(H4,6,8,9,10,11,14). The summed E-state index contributed by atoms with van der Waals surface area (Å²) in [5.41, 5.74) is 13.2. The molecule has 0 aliphatic rings. The Bertz CT molecular complexity index is 587. The van der Waals surface area contributed by atoms with Crippen LogP contribution in [0.4, 0.5) is 11.9 Å². The SMILES string of the molecule is [N-]=[N+]=Nc1nc2nc(N)[nH]c(=O)c2[nH]1. The highest BCUT2D eigenvalue weighted by atomic mass is 16.1. The Kier molecular flexibility index (Phi) is 1.58. The number of imidazole rings is 1. The zero-order valence-electron chi connectivity index (χ0n) is 6.72. The summed E-state index contributed by atoms with van der Waals surface area (Å²) in [6.45, 7) is 0. The largest absolute Gasteiger partial charge is 0.369 e. The minimum Gasteiger partial charge on any atom is -0.369 e. The van der Waals surface area contributed by atoms with Crippen molar-refractivity contribution in [1.82, 2.24) is 19.9 Å². The van der Waals surface area contributed by atoms with Crippen LogP contribution in [0.15, 0.2) is 9.91 Å². The van der Waals surface area contributed by atoms with Crippen LogP contribution < -0.4 is 11.3 Å². The molecule has 70 valence electrons. The zero-order chi connectivity index (χ0) is 10.1. The van der Waals surface area contributed by atoms with Crippen molar-refractivity contribution in [1.29, 1.82) is 0 Å². The number of azide groups is 1. The summed E-state index contributed by atoms with van der Waals surface area (Å²) < 4.78 is 0. The van der Waals surface area contributed by atoms with E-state index in [1.165, 1.54) is 0 Å². The molecule has 0 spiro atoms. The van der Waals surface area contributed by atoms with Crippen molar-refractivity contribution in [3.05, 3.63) is 20.8 Å². The predicted octanol–water partition coefficient (Wildman–Crippen LogP) is 0.170. The third kappa shape index (κ3) is 1.13. The molecule has 0 saturated carbocycles. The summed E-state index contributed by atoms with van der Waals surface area (Å²) >= 11 is 0. The van der Waals surface area contributed by atoms with Crippen molar-refractivity contribution in [2.75, 3.05) is 5.73 Å². The van der Waals surface area contributed by atoms with Gasteiger partial charge in [0.25, 0.3) is 5.56 Å². The van der Waals surface area contributed by atoms with E-state index in [2.05, 4.69) is 30.0 Å². The number of anilines is 1. The second-order valence-electron chi connectivity index (χ2n) is 2.40. The molecule has 0 amide bonds. The zero-order valence-corrected chi connectivity index (χ0v) is 6.72. The fraction of sp³-hybridized carbons (Fsp3) is 0. The number of rotatable bonds is 1. The number of nitrogens with two attached hydrogens (primary N) is 1. The van der Waals surface area contributed by atoms with E-state index in [-0.39, 0.29) is 23.1 Å². The Morgan fingerprint density at radius 2 is 2.21 bits per heavy atom. The van der Waals surface area contributed by atoms with Gasteiger partial charge in [-0.2, -0.15) is 4.98 Å². The van der Waals surface area contributed by atoms with Crippen molar-refractivity contribution in [2.24, 2.45) is 5.11 Å². The summed E-state index contributed by atoms with van der Waals surface area (Å²) in [7, 11) is 0. The molecule has 0 fully saturated rings. The van der Waals surface area contributed by atoms with E-state index in [1.54, 1.807) is 0 Å². The van der Waals surface area contributed by atoms with Crippen LogP contribution in [0.3, 0.4) is 0 Å². The number of nitrogen functional groups attached to an aromatic ring is 1. The molecule has 0 aliphatic carbocycles. The molecule has 0 aliphatic heterocycles. The summed E-state index contributed by atoms with van der Waals surface area (Å²) in [5, 5.41) is 3.19. The van der Waals surface area contributed by atoms with Gasteiger partial charge in [-0.25, -0.2) is 4.98 Å². The number of nitrogens with zero attached hydrogens (tertiary/aromatic N) is 5. The van der Waals surface area contributed by atoms with Crippen LogP contribution in [0.1, 0.15) is 0 Å². The molecule has 0 unspecified atom stereocenters. The van der Waals surface area contributed by atoms with Gasteiger partial charge < -0.3 is 10.7 Å². The second kappa shape index (κ2) is 2.75. The van der Waals surface area contributed by atoms with Gasteiger partial charge in [-0.3, -0.25) is 9.78 Å². The van der Waals surface area contributed by atoms with Crippen LogP contribution in [0.2, 0.25) is 0 Å². The summed E-state index contributed by atoms with van der Waals surface area (Å²) in [6.07, 6.45) is 0. The first kappa shape index (κ1) is 8.08.